The molecule has 8 nitrogen and oxygen atoms in total. The maximum atomic E-state index is 14.2. The van der Waals surface area contributed by atoms with Gasteiger partial charge < -0.3 is 5.32 Å². The van der Waals surface area contributed by atoms with Gasteiger partial charge in [-0.25, -0.2) is 19.0 Å². The lowest BCUT2D eigenvalue weighted by Gasteiger charge is -2.18. The summed E-state index contributed by atoms with van der Waals surface area (Å²) in [5, 5.41) is 9.00. The molecular weight excluding hydrogens is 455 g/mol. The van der Waals surface area contributed by atoms with Crippen LogP contribution in [0.4, 0.5) is 15.2 Å². The molecule has 0 radical (unpaired) electrons. The largest absolute Gasteiger partial charge is 0.346 e. The van der Waals surface area contributed by atoms with Crippen LogP contribution in [0.1, 0.15) is 31.1 Å². The van der Waals surface area contributed by atoms with Gasteiger partial charge in [-0.1, -0.05) is 24.3 Å². The lowest BCUT2D eigenvalue weighted by Crippen LogP contribution is -2.24. The van der Waals surface area contributed by atoms with E-state index in [1.807, 2.05) is 31.2 Å². The van der Waals surface area contributed by atoms with Crippen LogP contribution in [0.2, 0.25) is 0 Å². The number of hydrogen-bond donors (Lipinski definition) is 1. The van der Waals surface area contributed by atoms with Gasteiger partial charge in [0.05, 0.1) is 23.1 Å². The average Bonchev–Trinajstić information content (AvgIpc) is 3.52. The number of rotatable bonds is 7. The van der Waals surface area contributed by atoms with Crippen molar-refractivity contribution in [2.24, 2.45) is 0 Å². The first-order valence-electron chi connectivity index (χ1n) is 10.4. The predicted molar refractivity (Wildman–Crippen MR) is 128 cm³/mol. The van der Waals surface area contributed by atoms with Gasteiger partial charge in [0.25, 0.3) is 0 Å². The summed E-state index contributed by atoms with van der Waals surface area (Å²) in [7, 11) is 0. The number of aromatic nitrogens is 4. The molecule has 34 heavy (non-hydrogen) atoms. The van der Waals surface area contributed by atoms with E-state index in [1.165, 1.54) is 47.7 Å². The van der Waals surface area contributed by atoms with E-state index in [4.69, 9.17) is 0 Å². The third-order valence-corrected chi connectivity index (χ3v) is 5.79. The second-order valence-corrected chi connectivity index (χ2v) is 8.19. The Morgan fingerprint density at radius 1 is 1.18 bits per heavy atom. The smallest absolute Gasteiger partial charge is 0.244 e. The van der Waals surface area contributed by atoms with Crippen molar-refractivity contribution in [1.29, 1.82) is 0 Å². The van der Waals surface area contributed by atoms with Crippen molar-refractivity contribution >= 4 is 40.0 Å². The molecule has 2 heterocycles. The molecule has 2 aromatic carbocycles. The van der Waals surface area contributed by atoms with Gasteiger partial charge in [0.2, 0.25) is 11.8 Å². The summed E-state index contributed by atoms with van der Waals surface area (Å²) >= 11 is 1.18. The molecule has 0 saturated heterocycles. The molecule has 0 saturated carbocycles. The Morgan fingerprint density at radius 3 is 2.62 bits per heavy atom. The summed E-state index contributed by atoms with van der Waals surface area (Å²) in [6.07, 6.45) is 6.00. The van der Waals surface area contributed by atoms with Gasteiger partial charge in [0, 0.05) is 18.4 Å². The van der Waals surface area contributed by atoms with Crippen LogP contribution in [-0.2, 0) is 9.59 Å². The van der Waals surface area contributed by atoms with Crippen LogP contribution in [-0.4, -0.2) is 31.6 Å². The van der Waals surface area contributed by atoms with Crippen LogP contribution in [0.3, 0.4) is 0 Å². The fraction of sp³-hybridized carbons (Fsp3) is 0.125. The monoisotopic (exact) mass is 476 g/mol. The molecule has 4 rings (SSSR count). The van der Waals surface area contributed by atoms with E-state index in [-0.39, 0.29) is 23.5 Å². The number of halogens is 1. The van der Waals surface area contributed by atoms with Gasteiger partial charge in [-0.2, -0.15) is 5.10 Å². The number of nitrogens with zero attached hydrogens (tertiary/aromatic N) is 5. The van der Waals surface area contributed by atoms with Gasteiger partial charge in [-0.3, -0.25) is 14.5 Å². The first kappa shape index (κ1) is 23.0. The van der Waals surface area contributed by atoms with E-state index in [9.17, 15) is 14.0 Å². The lowest BCUT2D eigenvalue weighted by atomic mass is 10.1. The average molecular weight is 477 g/mol. The summed E-state index contributed by atoms with van der Waals surface area (Å²) in [6, 6.07) is 13.4. The van der Waals surface area contributed by atoms with E-state index in [1.54, 1.807) is 34.6 Å². The number of carbonyl (C=O) groups excluding carboxylic acids is 2. The number of amides is 2. The zero-order valence-corrected chi connectivity index (χ0v) is 19.2. The second-order valence-electron chi connectivity index (χ2n) is 7.36. The first-order chi connectivity index (χ1) is 16.4. The SMILES string of the molecule is CC(=O)N(c1nc(/C=C/C(=O)NC(C)c2ccc(-n3cncn3)cc2)cs1)c1ccccc1F. The highest BCUT2D eigenvalue weighted by molar-refractivity contribution is 7.14. The van der Waals surface area contributed by atoms with Gasteiger partial charge in [-0.15, -0.1) is 11.3 Å². The number of anilines is 2. The minimum absolute atomic E-state index is 0.126. The van der Waals surface area contributed by atoms with E-state index >= 15 is 0 Å². The van der Waals surface area contributed by atoms with Crippen molar-refractivity contribution in [3.8, 4) is 5.69 Å². The molecule has 1 atom stereocenters. The quantitative estimate of drug-likeness (QED) is 0.398. The molecule has 0 aliphatic rings. The van der Waals surface area contributed by atoms with E-state index < -0.39 is 5.82 Å². The summed E-state index contributed by atoms with van der Waals surface area (Å²) < 4.78 is 15.9. The summed E-state index contributed by atoms with van der Waals surface area (Å²) in [4.78, 5) is 34.1. The van der Waals surface area contributed by atoms with Crippen LogP contribution < -0.4 is 10.2 Å². The summed E-state index contributed by atoms with van der Waals surface area (Å²) in [5.74, 6) is -1.18. The zero-order valence-electron chi connectivity index (χ0n) is 18.4. The molecule has 0 aliphatic carbocycles. The Morgan fingerprint density at radius 2 is 1.94 bits per heavy atom. The number of para-hydroxylation sites is 1. The minimum Gasteiger partial charge on any atom is -0.346 e. The lowest BCUT2D eigenvalue weighted by molar-refractivity contribution is -0.117. The Hall–Kier alpha value is -4.18. The van der Waals surface area contributed by atoms with Crippen LogP contribution >= 0.6 is 11.3 Å². The maximum Gasteiger partial charge on any atom is 0.244 e. The normalized spacial score (nSPS) is 12.0. The highest BCUT2D eigenvalue weighted by atomic mass is 32.1. The topological polar surface area (TPSA) is 93.0 Å². The highest BCUT2D eigenvalue weighted by Crippen LogP contribution is 2.31. The molecule has 1 N–H and O–H groups in total. The number of thiazole rings is 1. The van der Waals surface area contributed by atoms with Crippen molar-refractivity contribution in [3.05, 3.63) is 89.7 Å². The minimum atomic E-state index is -0.521. The van der Waals surface area contributed by atoms with Crippen LogP contribution in [0.25, 0.3) is 11.8 Å². The Balaban J connectivity index is 1.40. The molecule has 0 fully saturated rings. The van der Waals surface area contributed by atoms with Gasteiger partial charge in [0.15, 0.2) is 5.13 Å². The molecular formula is C24H21FN6O2S. The Labute approximate surface area is 199 Å². The predicted octanol–water partition coefficient (Wildman–Crippen LogP) is 4.44. The van der Waals surface area contributed by atoms with E-state index in [2.05, 4.69) is 20.4 Å². The van der Waals surface area contributed by atoms with Gasteiger partial charge in [0.1, 0.15) is 18.5 Å². The van der Waals surface area contributed by atoms with E-state index in [0.29, 0.717) is 10.8 Å². The second kappa shape index (κ2) is 10.2. The molecule has 4 aromatic rings. The number of carbonyl (C=O) groups is 2. The number of hydrogen-bond acceptors (Lipinski definition) is 6. The van der Waals surface area contributed by atoms with E-state index in [0.717, 1.165) is 11.3 Å². The maximum absolute atomic E-state index is 14.2. The van der Waals surface area contributed by atoms with Gasteiger partial charge in [-0.05, 0) is 42.8 Å². The summed E-state index contributed by atoms with van der Waals surface area (Å²) in [5.41, 5.74) is 2.42. The first-order valence-corrected chi connectivity index (χ1v) is 11.2. The zero-order chi connectivity index (χ0) is 24.1. The van der Waals surface area contributed by atoms with Crippen molar-refractivity contribution in [3.63, 3.8) is 0 Å². The van der Waals surface area contributed by atoms with Crippen molar-refractivity contribution in [1.82, 2.24) is 25.1 Å². The molecule has 0 bridgehead atoms. The fourth-order valence-corrected chi connectivity index (χ4v) is 4.11. The standard InChI is InChI=1S/C24H21FN6O2S/c1-16(18-7-10-20(11-8-18)30-15-26-14-27-30)28-23(33)12-9-19-13-34-24(29-19)31(17(2)32)22-6-4-3-5-21(22)25/h3-16H,1-2H3,(H,28,33)/b12-9+. The fourth-order valence-electron chi connectivity index (χ4n) is 3.26. The molecule has 0 aliphatic heterocycles. The molecule has 2 aromatic heterocycles. The number of nitrogens with one attached hydrogen (secondary N) is 1. The molecule has 2 amide bonds. The molecule has 1 unspecified atom stereocenters. The molecule has 172 valence electrons. The van der Waals surface area contributed by atoms with Crippen molar-refractivity contribution < 1.29 is 14.0 Å². The summed E-state index contributed by atoms with van der Waals surface area (Å²) in [6.45, 7) is 3.23. The Kier molecular flexibility index (Phi) is 6.88. The Bertz CT molecular complexity index is 1320. The number of benzene rings is 2. The van der Waals surface area contributed by atoms with Crippen LogP contribution in [0.15, 0.2) is 72.6 Å². The third-order valence-electron chi connectivity index (χ3n) is 4.95. The third kappa shape index (κ3) is 5.24. The van der Waals surface area contributed by atoms with Gasteiger partial charge >= 0.3 is 0 Å². The van der Waals surface area contributed by atoms with Crippen LogP contribution in [0, 0.1) is 5.82 Å². The highest BCUT2D eigenvalue weighted by Gasteiger charge is 2.20. The van der Waals surface area contributed by atoms with Crippen molar-refractivity contribution in [2.75, 3.05) is 4.90 Å². The molecule has 0 spiro atoms. The molecule has 10 heteroatoms. The van der Waals surface area contributed by atoms with Crippen LogP contribution in [0.5, 0.6) is 0 Å². The van der Waals surface area contributed by atoms with Crippen molar-refractivity contribution in [2.45, 2.75) is 19.9 Å².